The molecule has 0 spiro atoms. The second kappa shape index (κ2) is 6.04. The first-order chi connectivity index (χ1) is 11.2. The van der Waals surface area contributed by atoms with E-state index < -0.39 is 0 Å². The van der Waals surface area contributed by atoms with Crippen LogP contribution in [0.4, 0.5) is 0 Å². The maximum Gasteiger partial charge on any atom is 0.181 e. The largest absolute Gasteiger partial charge is 0.300 e. The number of fused-ring (bicyclic) bond motifs is 1. The summed E-state index contributed by atoms with van der Waals surface area (Å²) in [5.74, 6) is 2.56. The zero-order chi connectivity index (χ0) is 15.8. The second-order valence-corrected chi connectivity index (χ2v) is 7.12. The van der Waals surface area contributed by atoms with E-state index in [-0.39, 0.29) is 0 Å². The van der Waals surface area contributed by atoms with Crippen molar-refractivity contribution in [3.05, 3.63) is 30.4 Å². The van der Waals surface area contributed by atoms with Gasteiger partial charge in [0.1, 0.15) is 5.82 Å². The highest BCUT2D eigenvalue weighted by molar-refractivity contribution is 5.53. The van der Waals surface area contributed by atoms with Crippen molar-refractivity contribution in [1.29, 1.82) is 0 Å². The Bertz CT molecular complexity index is 663. The number of piperidine rings is 1. The summed E-state index contributed by atoms with van der Waals surface area (Å²) in [7, 11) is 0. The van der Waals surface area contributed by atoms with Crippen molar-refractivity contribution in [3.8, 4) is 11.4 Å². The molecule has 4 rings (SSSR count). The van der Waals surface area contributed by atoms with Gasteiger partial charge < -0.3 is 4.90 Å². The van der Waals surface area contributed by atoms with Gasteiger partial charge in [0.2, 0.25) is 0 Å². The van der Waals surface area contributed by atoms with Gasteiger partial charge in [0, 0.05) is 36.0 Å². The minimum absolute atomic E-state index is 0.342. The number of nitrogens with zero attached hydrogens (tertiary/aromatic N) is 5. The Morgan fingerprint density at radius 2 is 1.96 bits per heavy atom. The van der Waals surface area contributed by atoms with E-state index in [9.17, 15) is 0 Å². The van der Waals surface area contributed by atoms with Gasteiger partial charge in [-0.3, -0.25) is 4.98 Å². The smallest absolute Gasteiger partial charge is 0.181 e. The van der Waals surface area contributed by atoms with Crippen LogP contribution in [0.1, 0.15) is 57.3 Å². The van der Waals surface area contributed by atoms with Crippen molar-refractivity contribution in [3.63, 3.8) is 0 Å². The molecular weight excluding hydrogens is 286 g/mol. The lowest BCUT2D eigenvalue weighted by atomic mass is 9.90. The van der Waals surface area contributed by atoms with Crippen molar-refractivity contribution in [2.45, 2.75) is 57.5 Å². The molecule has 0 bridgehead atoms. The third kappa shape index (κ3) is 2.78. The van der Waals surface area contributed by atoms with E-state index in [1.165, 1.54) is 44.6 Å². The van der Waals surface area contributed by atoms with E-state index >= 15 is 0 Å². The average Bonchev–Trinajstić information content (AvgIpc) is 3.22. The summed E-state index contributed by atoms with van der Waals surface area (Å²) in [6.07, 6.45) is 8.77. The molecule has 5 nitrogen and oxygen atoms in total. The number of rotatable bonds is 3. The Kier molecular flexibility index (Phi) is 3.89. The number of hydrogen-bond donors (Lipinski definition) is 0. The Hall–Kier alpha value is -1.75. The molecule has 23 heavy (non-hydrogen) atoms. The lowest BCUT2D eigenvalue weighted by Crippen LogP contribution is -2.37. The minimum Gasteiger partial charge on any atom is -0.300 e. The maximum absolute atomic E-state index is 4.95. The van der Waals surface area contributed by atoms with Crippen LogP contribution in [-0.2, 0) is 0 Å². The van der Waals surface area contributed by atoms with Gasteiger partial charge in [0.15, 0.2) is 5.82 Å². The molecule has 0 aromatic carbocycles. The molecule has 0 amide bonds. The van der Waals surface area contributed by atoms with Gasteiger partial charge in [-0.1, -0.05) is 0 Å². The summed E-state index contributed by atoms with van der Waals surface area (Å²) in [5, 5.41) is 4.80. The van der Waals surface area contributed by atoms with Gasteiger partial charge in [0.25, 0.3) is 0 Å². The molecule has 2 aliphatic rings. The summed E-state index contributed by atoms with van der Waals surface area (Å²) >= 11 is 0. The first kappa shape index (κ1) is 14.8. The van der Waals surface area contributed by atoms with E-state index in [0.717, 1.165) is 17.4 Å². The first-order valence-electron chi connectivity index (χ1n) is 8.83. The summed E-state index contributed by atoms with van der Waals surface area (Å²) in [6, 6.07) is 5.08. The third-order valence-corrected chi connectivity index (χ3v) is 5.27. The highest BCUT2D eigenvalue weighted by Crippen LogP contribution is 2.36. The molecule has 2 aromatic heterocycles. The molecule has 0 radical (unpaired) electrons. The molecule has 2 unspecified atom stereocenters. The zero-order valence-electron chi connectivity index (χ0n) is 14.0. The average molecular weight is 311 g/mol. The Balaban J connectivity index is 1.66. The number of aromatic nitrogens is 4. The SMILES string of the molecule is CC(C)n1nc(-c2ccncc2)nc1C1CCN2CCCC2C1. The van der Waals surface area contributed by atoms with E-state index in [4.69, 9.17) is 10.1 Å². The summed E-state index contributed by atoms with van der Waals surface area (Å²) < 4.78 is 2.14. The van der Waals surface area contributed by atoms with Crippen molar-refractivity contribution < 1.29 is 0 Å². The molecule has 2 aromatic rings. The molecule has 2 fully saturated rings. The van der Waals surface area contributed by atoms with Gasteiger partial charge in [-0.2, -0.15) is 5.10 Å². The summed E-state index contributed by atoms with van der Waals surface area (Å²) in [4.78, 5) is 11.7. The molecule has 0 aliphatic carbocycles. The predicted octanol–water partition coefficient (Wildman–Crippen LogP) is 3.26. The highest BCUT2D eigenvalue weighted by atomic mass is 15.4. The van der Waals surface area contributed by atoms with Crippen molar-refractivity contribution in [1.82, 2.24) is 24.6 Å². The van der Waals surface area contributed by atoms with Gasteiger partial charge in [0.05, 0.1) is 0 Å². The van der Waals surface area contributed by atoms with Crippen LogP contribution >= 0.6 is 0 Å². The first-order valence-corrected chi connectivity index (χ1v) is 8.83. The molecular formula is C18H25N5. The zero-order valence-corrected chi connectivity index (χ0v) is 14.0. The molecule has 2 atom stereocenters. The predicted molar refractivity (Wildman–Crippen MR) is 90.2 cm³/mol. The molecule has 2 aliphatic heterocycles. The van der Waals surface area contributed by atoms with E-state index in [2.05, 4.69) is 28.4 Å². The lowest BCUT2D eigenvalue weighted by Gasteiger charge is -2.34. The fourth-order valence-electron chi connectivity index (χ4n) is 4.08. The summed E-state index contributed by atoms with van der Waals surface area (Å²) in [6.45, 7) is 6.89. The van der Waals surface area contributed by atoms with Crippen molar-refractivity contribution >= 4 is 0 Å². The van der Waals surface area contributed by atoms with E-state index in [1.54, 1.807) is 0 Å². The van der Waals surface area contributed by atoms with E-state index in [1.807, 2.05) is 24.5 Å². The Morgan fingerprint density at radius 3 is 2.74 bits per heavy atom. The van der Waals surface area contributed by atoms with Crippen LogP contribution in [0.3, 0.4) is 0 Å². The van der Waals surface area contributed by atoms with E-state index in [0.29, 0.717) is 12.0 Å². The van der Waals surface area contributed by atoms with Gasteiger partial charge in [-0.25, -0.2) is 9.67 Å². The fraction of sp³-hybridized carbons (Fsp3) is 0.611. The summed E-state index contributed by atoms with van der Waals surface area (Å²) in [5.41, 5.74) is 1.05. The Labute approximate surface area is 137 Å². The van der Waals surface area contributed by atoms with Gasteiger partial charge >= 0.3 is 0 Å². The van der Waals surface area contributed by atoms with Crippen LogP contribution < -0.4 is 0 Å². The molecule has 5 heteroatoms. The topological polar surface area (TPSA) is 46.8 Å². The van der Waals surface area contributed by atoms with Crippen molar-refractivity contribution in [2.24, 2.45) is 0 Å². The standard InChI is InChI=1S/C18H25N5/c1-13(2)23-18(15-7-11-22-10-3-4-16(22)12-15)20-17(21-23)14-5-8-19-9-6-14/h5-6,8-9,13,15-16H,3-4,7,10-12H2,1-2H3. The molecule has 2 saturated heterocycles. The van der Waals surface area contributed by atoms with Crippen LogP contribution in [0.15, 0.2) is 24.5 Å². The van der Waals surface area contributed by atoms with Crippen molar-refractivity contribution in [2.75, 3.05) is 13.1 Å². The minimum atomic E-state index is 0.342. The maximum atomic E-state index is 4.95. The molecule has 4 heterocycles. The molecule has 0 N–H and O–H groups in total. The Morgan fingerprint density at radius 1 is 1.13 bits per heavy atom. The third-order valence-electron chi connectivity index (χ3n) is 5.27. The number of pyridine rings is 1. The molecule has 122 valence electrons. The van der Waals surface area contributed by atoms with Gasteiger partial charge in [-0.05, 0) is 64.8 Å². The lowest BCUT2D eigenvalue weighted by molar-refractivity contribution is 0.175. The monoisotopic (exact) mass is 311 g/mol. The number of hydrogen-bond acceptors (Lipinski definition) is 4. The normalized spacial score (nSPS) is 25.0. The van der Waals surface area contributed by atoms with Crippen LogP contribution in [0.2, 0.25) is 0 Å². The quantitative estimate of drug-likeness (QED) is 0.873. The van der Waals surface area contributed by atoms with Gasteiger partial charge in [-0.15, -0.1) is 0 Å². The highest BCUT2D eigenvalue weighted by Gasteiger charge is 2.34. The van der Waals surface area contributed by atoms with Crippen LogP contribution in [0.25, 0.3) is 11.4 Å². The van der Waals surface area contributed by atoms with Crippen LogP contribution in [0, 0.1) is 0 Å². The van der Waals surface area contributed by atoms with Crippen LogP contribution in [-0.4, -0.2) is 43.8 Å². The van der Waals surface area contributed by atoms with Crippen LogP contribution in [0.5, 0.6) is 0 Å². The fourth-order valence-corrected chi connectivity index (χ4v) is 4.08. The molecule has 0 saturated carbocycles. The second-order valence-electron chi connectivity index (χ2n) is 7.12.